The third-order valence-electron chi connectivity index (χ3n) is 1.82. The topological polar surface area (TPSA) is 127 Å². The van der Waals surface area contributed by atoms with Crippen molar-refractivity contribution in [2.24, 2.45) is 5.73 Å². The molecule has 7 nitrogen and oxygen atoms in total. The summed E-state index contributed by atoms with van der Waals surface area (Å²) in [5.41, 5.74) is 2.23. The molecule has 0 spiro atoms. The van der Waals surface area contributed by atoms with E-state index in [4.69, 9.17) is 10.8 Å². The molecule has 0 fully saturated rings. The van der Waals surface area contributed by atoms with E-state index in [1.807, 2.05) is 0 Å². The van der Waals surface area contributed by atoms with Crippen molar-refractivity contribution in [1.29, 1.82) is 0 Å². The Hall–Kier alpha value is -1.73. The zero-order valence-electron chi connectivity index (χ0n) is 7.01. The Bertz CT molecular complexity index is 355. The van der Waals surface area contributed by atoms with E-state index in [1.54, 1.807) is 0 Å². The molecule has 0 aromatic rings. The van der Waals surface area contributed by atoms with Crippen LogP contribution in [0.5, 0.6) is 0 Å². The fourth-order valence-corrected chi connectivity index (χ4v) is 1.08. The monoisotopic (exact) mass is 200 g/mol. The second-order valence-corrected chi connectivity index (χ2v) is 2.88. The summed E-state index contributed by atoms with van der Waals surface area (Å²) in [6.45, 7) is 0. The molecule has 0 amide bonds. The second kappa shape index (κ2) is 3.20. The number of nitro groups is 1. The van der Waals surface area contributed by atoms with Crippen LogP contribution in [0, 0.1) is 10.1 Å². The summed E-state index contributed by atoms with van der Waals surface area (Å²) in [5.74, 6) is -1.47. The highest BCUT2D eigenvalue weighted by Crippen LogP contribution is 2.24. The van der Waals surface area contributed by atoms with Crippen LogP contribution in [0.2, 0.25) is 0 Å². The summed E-state index contributed by atoms with van der Waals surface area (Å²) in [5, 5.41) is 28.3. The van der Waals surface area contributed by atoms with E-state index in [0.717, 1.165) is 12.2 Å². The van der Waals surface area contributed by atoms with Crippen molar-refractivity contribution in [3.63, 3.8) is 0 Å². The molecule has 1 atom stereocenters. The maximum Gasteiger partial charge on any atom is 0.336 e. The first-order chi connectivity index (χ1) is 6.34. The standard InChI is InChI=1S/C7H8N2O5/c8-7(12)2-1-4(9(13)14)3-5(7)6(10)11/h1,3,12H,2,8H2,(H,10,11)/t7-/m1/s1. The highest BCUT2D eigenvalue weighted by atomic mass is 16.6. The van der Waals surface area contributed by atoms with E-state index < -0.39 is 22.2 Å². The Labute approximate surface area is 78.3 Å². The van der Waals surface area contributed by atoms with E-state index in [0.29, 0.717) is 0 Å². The molecular weight excluding hydrogens is 192 g/mol. The van der Waals surface area contributed by atoms with Crippen LogP contribution in [0.1, 0.15) is 6.42 Å². The summed E-state index contributed by atoms with van der Waals surface area (Å²) in [6, 6.07) is 0. The molecule has 0 bridgehead atoms. The van der Waals surface area contributed by atoms with Gasteiger partial charge in [-0.25, -0.2) is 4.79 Å². The van der Waals surface area contributed by atoms with Gasteiger partial charge in [-0.05, 0) is 6.08 Å². The first-order valence-corrected chi connectivity index (χ1v) is 3.66. The molecule has 0 unspecified atom stereocenters. The van der Waals surface area contributed by atoms with Gasteiger partial charge < -0.3 is 10.2 Å². The van der Waals surface area contributed by atoms with Gasteiger partial charge in [-0.1, -0.05) is 0 Å². The van der Waals surface area contributed by atoms with Crippen molar-refractivity contribution in [3.05, 3.63) is 33.5 Å². The molecule has 0 saturated carbocycles. The first kappa shape index (κ1) is 10.4. The number of hydrogen-bond acceptors (Lipinski definition) is 5. The van der Waals surface area contributed by atoms with Gasteiger partial charge in [-0.3, -0.25) is 15.8 Å². The summed E-state index contributed by atoms with van der Waals surface area (Å²) >= 11 is 0. The number of aliphatic carboxylic acids is 1. The maximum atomic E-state index is 10.6. The van der Waals surface area contributed by atoms with Gasteiger partial charge >= 0.3 is 5.97 Å². The average molecular weight is 200 g/mol. The minimum atomic E-state index is -2.04. The van der Waals surface area contributed by atoms with Crippen molar-refractivity contribution in [2.45, 2.75) is 12.1 Å². The fraction of sp³-hybridized carbons (Fsp3) is 0.286. The number of carboxylic acid groups (broad SMARTS) is 1. The average Bonchev–Trinajstić information content (AvgIpc) is 2.02. The van der Waals surface area contributed by atoms with Gasteiger partial charge in [0, 0.05) is 12.5 Å². The SMILES string of the molecule is N[C@@]1(O)CC=C([N+](=O)[O-])C=C1C(=O)O. The van der Waals surface area contributed by atoms with Crippen molar-refractivity contribution >= 4 is 5.97 Å². The van der Waals surface area contributed by atoms with Crippen molar-refractivity contribution in [3.8, 4) is 0 Å². The lowest BCUT2D eigenvalue weighted by atomic mass is 9.94. The molecule has 1 aliphatic rings. The molecule has 0 aliphatic heterocycles. The lowest BCUT2D eigenvalue weighted by molar-refractivity contribution is -0.419. The highest BCUT2D eigenvalue weighted by Gasteiger charge is 2.36. The molecule has 1 rings (SSSR count). The molecule has 4 N–H and O–H groups in total. The quantitative estimate of drug-likeness (QED) is 0.304. The summed E-state index contributed by atoms with van der Waals surface area (Å²) in [7, 11) is 0. The van der Waals surface area contributed by atoms with Gasteiger partial charge in [-0.2, -0.15) is 0 Å². The third-order valence-corrected chi connectivity index (χ3v) is 1.82. The van der Waals surface area contributed by atoms with Crippen LogP contribution < -0.4 is 5.73 Å². The lowest BCUT2D eigenvalue weighted by Crippen LogP contribution is -2.45. The van der Waals surface area contributed by atoms with Gasteiger partial charge in [0.1, 0.15) is 0 Å². The van der Waals surface area contributed by atoms with Crippen molar-refractivity contribution in [1.82, 2.24) is 0 Å². The van der Waals surface area contributed by atoms with E-state index >= 15 is 0 Å². The van der Waals surface area contributed by atoms with Crippen molar-refractivity contribution < 1.29 is 19.9 Å². The van der Waals surface area contributed by atoms with Gasteiger partial charge in [0.05, 0.1) is 10.5 Å². The summed E-state index contributed by atoms with van der Waals surface area (Å²) in [4.78, 5) is 20.2. The highest BCUT2D eigenvalue weighted by molar-refractivity contribution is 5.89. The number of allylic oxidation sites excluding steroid dienone is 1. The van der Waals surface area contributed by atoms with Gasteiger partial charge in [0.15, 0.2) is 5.72 Å². The van der Waals surface area contributed by atoms with Crippen LogP contribution in [0.3, 0.4) is 0 Å². The molecule has 7 heteroatoms. The molecule has 0 saturated heterocycles. The van der Waals surface area contributed by atoms with E-state index in [9.17, 15) is 20.0 Å². The van der Waals surface area contributed by atoms with Gasteiger partial charge in [0.2, 0.25) is 0 Å². The molecular formula is C7H8N2O5. The fourth-order valence-electron chi connectivity index (χ4n) is 1.08. The predicted molar refractivity (Wildman–Crippen MR) is 44.6 cm³/mol. The van der Waals surface area contributed by atoms with Crippen LogP contribution in [-0.2, 0) is 4.79 Å². The van der Waals surface area contributed by atoms with E-state index in [2.05, 4.69) is 0 Å². The van der Waals surface area contributed by atoms with Crippen LogP contribution in [0.25, 0.3) is 0 Å². The molecule has 14 heavy (non-hydrogen) atoms. The molecule has 0 aromatic heterocycles. The number of hydrogen-bond donors (Lipinski definition) is 3. The number of aliphatic hydroxyl groups is 1. The normalized spacial score (nSPS) is 26.4. The Balaban J connectivity index is 3.12. The summed E-state index contributed by atoms with van der Waals surface area (Å²) in [6.07, 6.45) is 1.54. The number of carbonyl (C=O) groups is 1. The Morgan fingerprint density at radius 3 is 2.71 bits per heavy atom. The Kier molecular flexibility index (Phi) is 2.37. The minimum absolute atomic E-state index is 0.290. The van der Waals surface area contributed by atoms with Crippen LogP contribution >= 0.6 is 0 Å². The zero-order valence-corrected chi connectivity index (χ0v) is 7.01. The van der Waals surface area contributed by atoms with Gasteiger partial charge in [-0.15, -0.1) is 0 Å². The van der Waals surface area contributed by atoms with Crippen LogP contribution in [0.4, 0.5) is 0 Å². The Morgan fingerprint density at radius 2 is 2.29 bits per heavy atom. The first-order valence-electron chi connectivity index (χ1n) is 3.66. The number of nitrogens with zero attached hydrogens (tertiary/aromatic N) is 1. The van der Waals surface area contributed by atoms with E-state index in [1.165, 1.54) is 0 Å². The number of carboxylic acids is 1. The number of nitrogens with two attached hydrogens (primary N) is 1. The molecule has 0 radical (unpaired) electrons. The molecule has 1 aliphatic carbocycles. The van der Waals surface area contributed by atoms with Gasteiger partial charge in [0.25, 0.3) is 5.70 Å². The Morgan fingerprint density at radius 1 is 1.71 bits per heavy atom. The maximum absolute atomic E-state index is 10.6. The molecule has 0 aromatic carbocycles. The predicted octanol–water partition coefficient (Wildman–Crippen LogP) is -0.791. The minimum Gasteiger partial charge on any atom is -0.478 e. The molecule has 0 heterocycles. The largest absolute Gasteiger partial charge is 0.478 e. The van der Waals surface area contributed by atoms with Crippen LogP contribution in [-0.4, -0.2) is 26.8 Å². The third kappa shape index (κ3) is 1.78. The lowest BCUT2D eigenvalue weighted by Gasteiger charge is -2.24. The molecule has 76 valence electrons. The zero-order chi connectivity index (χ0) is 10.9. The summed E-state index contributed by atoms with van der Waals surface area (Å²) < 4.78 is 0. The van der Waals surface area contributed by atoms with E-state index in [-0.39, 0.29) is 12.1 Å². The smallest absolute Gasteiger partial charge is 0.336 e. The van der Waals surface area contributed by atoms with Crippen LogP contribution in [0.15, 0.2) is 23.4 Å². The van der Waals surface area contributed by atoms with Crippen molar-refractivity contribution in [2.75, 3.05) is 0 Å². The second-order valence-electron chi connectivity index (χ2n) is 2.88. The number of rotatable bonds is 2.